The fourth-order valence-corrected chi connectivity index (χ4v) is 14.2. The number of aliphatic hydroxyl groups excluding tert-OH is 1. The molecule has 0 amide bonds. The number of phosphoric acid groups is 2. The van der Waals surface area contributed by atoms with Gasteiger partial charge in [-0.25, -0.2) is 9.13 Å². The number of hydrogen-bond acceptors (Lipinski definition) is 15. The molecule has 0 saturated carbocycles. The fourth-order valence-electron chi connectivity index (χ4n) is 12.6. The molecule has 6 atom stereocenters. The van der Waals surface area contributed by atoms with E-state index in [4.69, 9.17) is 37.0 Å². The lowest BCUT2D eigenvalue weighted by atomic mass is 9.99. The van der Waals surface area contributed by atoms with Crippen molar-refractivity contribution in [2.24, 2.45) is 17.8 Å². The summed E-state index contributed by atoms with van der Waals surface area (Å²) in [7, 11) is -9.91. The normalized spacial score (nSPS) is 14.2. The summed E-state index contributed by atoms with van der Waals surface area (Å²) in [5.74, 6) is 0.273. The van der Waals surface area contributed by atoms with Gasteiger partial charge < -0.3 is 33.8 Å². The van der Waals surface area contributed by atoms with E-state index < -0.39 is 97.5 Å². The molecule has 3 unspecified atom stereocenters. The topological polar surface area (TPSA) is 237 Å². The Balaban J connectivity index is 5.15. The molecular formula is C82H160O17P2. The third kappa shape index (κ3) is 74.7. The van der Waals surface area contributed by atoms with Crippen LogP contribution in [-0.4, -0.2) is 96.7 Å². The predicted octanol–water partition coefficient (Wildman–Crippen LogP) is 24.5. The van der Waals surface area contributed by atoms with Crippen LogP contribution in [0.25, 0.3) is 0 Å². The molecule has 0 fully saturated rings. The molecule has 19 heteroatoms. The van der Waals surface area contributed by atoms with E-state index in [9.17, 15) is 43.2 Å². The van der Waals surface area contributed by atoms with Crippen molar-refractivity contribution in [3.63, 3.8) is 0 Å². The molecule has 600 valence electrons. The van der Waals surface area contributed by atoms with E-state index in [1.54, 1.807) is 0 Å². The zero-order valence-electron chi connectivity index (χ0n) is 66.4. The first-order valence-electron chi connectivity index (χ1n) is 42.4. The second-order valence-corrected chi connectivity index (χ2v) is 33.6. The van der Waals surface area contributed by atoms with Gasteiger partial charge in [-0.15, -0.1) is 0 Å². The first-order valence-corrected chi connectivity index (χ1v) is 45.4. The van der Waals surface area contributed by atoms with Gasteiger partial charge in [0.2, 0.25) is 0 Å². The van der Waals surface area contributed by atoms with E-state index in [1.165, 1.54) is 231 Å². The summed E-state index contributed by atoms with van der Waals surface area (Å²) in [5.41, 5.74) is 0. The van der Waals surface area contributed by atoms with E-state index in [0.29, 0.717) is 31.6 Å². The van der Waals surface area contributed by atoms with Crippen molar-refractivity contribution in [2.75, 3.05) is 39.6 Å². The lowest BCUT2D eigenvalue weighted by Gasteiger charge is -2.21. The number of ether oxygens (including phenoxy) is 4. The molecule has 0 aromatic carbocycles. The number of carbonyl (C=O) groups is 4. The molecule has 0 aliphatic heterocycles. The zero-order valence-corrected chi connectivity index (χ0v) is 68.2. The van der Waals surface area contributed by atoms with Crippen LogP contribution in [0.5, 0.6) is 0 Å². The molecule has 101 heavy (non-hydrogen) atoms. The highest BCUT2D eigenvalue weighted by Crippen LogP contribution is 2.45. The van der Waals surface area contributed by atoms with E-state index in [-0.39, 0.29) is 25.7 Å². The van der Waals surface area contributed by atoms with E-state index in [0.717, 1.165) is 108 Å². The second kappa shape index (κ2) is 72.3. The lowest BCUT2D eigenvalue weighted by molar-refractivity contribution is -0.161. The highest BCUT2D eigenvalue weighted by molar-refractivity contribution is 7.47. The molecular weight excluding hydrogens is 1320 g/mol. The molecule has 3 N–H and O–H groups in total. The number of hydrogen-bond donors (Lipinski definition) is 3. The van der Waals surface area contributed by atoms with Gasteiger partial charge in [0.05, 0.1) is 26.4 Å². The molecule has 0 aromatic rings. The summed E-state index contributed by atoms with van der Waals surface area (Å²) < 4.78 is 68.6. The Labute approximate surface area is 619 Å². The van der Waals surface area contributed by atoms with Gasteiger partial charge in [-0.3, -0.25) is 37.3 Å². The van der Waals surface area contributed by atoms with Gasteiger partial charge >= 0.3 is 39.5 Å². The third-order valence-electron chi connectivity index (χ3n) is 19.5. The van der Waals surface area contributed by atoms with Crippen molar-refractivity contribution in [1.82, 2.24) is 0 Å². The Kier molecular flexibility index (Phi) is 70.9. The highest BCUT2D eigenvalue weighted by atomic mass is 31.2. The SMILES string of the molecule is CCCCCCCCCCC(=O)OC[C@H](COP(=O)(O)OC[C@H](O)COP(=O)(O)OC[C@@H](COC(=O)CCCCCCCCCCCCCCCCCCCCC(C)C)OC(=O)CCCCCCCCCCCCCCCCCCCCC(C)CC)OC(=O)CCCCCCCCCC(C)C. The lowest BCUT2D eigenvalue weighted by Crippen LogP contribution is -2.30. The summed E-state index contributed by atoms with van der Waals surface area (Å²) in [5, 5.41) is 10.6. The molecule has 17 nitrogen and oxygen atoms in total. The fraction of sp³-hybridized carbons (Fsp3) is 0.951. The van der Waals surface area contributed by atoms with Crippen LogP contribution in [0.2, 0.25) is 0 Å². The first kappa shape index (κ1) is 99.1. The molecule has 0 rings (SSSR count). The highest BCUT2D eigenvalue weighted by Gasteiger charge is 2.30. The maximum atomic E-state index is 13.1. The van der Waals surface area contributed by atoms with Crippen LogP contribution in [-0.2, 0) is 65.4 Å². The van der Waals surface area contributed by atoms with Crippen LogP contribution in [0, 0.1) is 17.8 Å². The second-order valence-electron chi connectivity index (χ2n) is 30.7. The predicted molar refractivity (Wildman–Crippen MR) is 414 cm³/mol. The van der Waals surface area contributed by atoms with E-state index in [1.807, 2.05) is 0 Å². The molecule has 0 radical (unpaired) electrons. The summed E-state index contributed by atoms with van der Waals surface area (Å²) in [6.45, 7) is 11.9. The standard InChI is InChI=1S/C82H160O17P2/c1-8-10-11-12-13-42-49-56-63-79(84)92-69-78(99-82(87)66-59-52-45-38-40-47-54-61-74(5)6)72-97-101(90,91)95-68-76(83)67-94-100(88,89)96-71-77(70-93-80(85)64-57-50-43-36-32-28-24-20-16-14-18-22-26-30-34-39-46-53-60-73(3)4)98-81(86)65-58-51-44-37-33-29-25-21-17-15-19-23-27-31-35-41-48-55-62-75(7)9-2/h73-78,83H,8-72H2,1-7H3,(H,88,89)(H,90,91)/t75?,76-,77-,78-/m1/s1. The van der Waals surface area contributed by atoms with Gasteiger partial charge in [-0.1, -0.05) is 376 Å². The van der Waals surface area contributed by atoms with Crippen molar-refractivity contribution in [3.8, 4) is 0 Å². The van der Waals surface area contributed by atoms with Gasteiger partial charge in [0.25, 0.3) is 0 Å². The van der Waals surface area contributed by atoms with Crippen LogP contribution >= 0.6 is 15.6 Å². The maximum absolute atomic E-state index is 13.1. The number of phosphoric ester groups is 2. The number of carbonyl (C=O) groups excluding carboxylic acids is 4. The van der Waals surface area contributed by atoms with Crippen molar-refractivity contribution >= 4 is 39.5 Å². The van der Waals surface area contributed by atoms with Crippen LogP contribution < -0.4 is 0 Å². The van der Waals surface area contributed by atoms with Crippen LogP contribution in [0.3, 0.4) is 0 Å². The summed E-state index contributed by atoms with van der Waals surface area (Å²) >= 11 is 0. The van der Waals surface area contributed by atoms with Crippen LogP contribution in [0.1, 0.15) is 427 Å². The molecule has 0 heterocycles. The minimum absolute atomic E-state index is 0.103. The van der Waals surface area contributed by atoms with Crippen molar-refractivity contribution in [3.05, 3.63) is 0 Å². The average Bonchev–Trinajstić information content (AvgIpc) is 0.937. The average molecular weight is 1480 g/mol. The summed E-state index contributed by atoms with van der Waals surface area (Å²) in [4.78, 5) is 72.8. The Bertz CT molecular complexity index is 1960. The largest absolute Gasteiger partial charge is 0.472 e. The molecule has 0 aromatic heterocycles. The van der Waals surface area contributed by atoms with Gasteiger partial charge in [0.1, 0.15) is 19.3 Å². The Morgan fingerprint density at radius 3 is 0.752 bits per heavy atom. The molecule has 0 bridgehead atoms. The van der Waals surface area contributed by atoms with Crippen LogP contribution in [0.15, 0.2) is 0 Å². The molecule has 0 aliphatic carbocycles. The number of unbranched alkanes of at least 4 members (excludes halogenated alkanes) is 47. The van der Waals surface area contributed by atoms with E-state index in [2.05, 4.69) is 48.5 Å². The smallest absolute Gasteiger partial charge is 0.462 e. The number of esters is 4. The van der Waals surface area contributed by atoms with Crippen LogP contribution in [0.4, 0.5) is 0 Å². The van der Waals surface area contributed by atoms with Crippen molar-refractivity contribution < 1.29 is 80.2 Å². The third-order valence-corrected chi connectivity index (χ3v) is 21.4. The summed E-state index contributed by atoms with van der Waals surface area (Å²) in [6, 6.07) is 0. The van der Waals surface area contributed by atoms with E-state index >= 15 is 0 Å². The maximum Gasteiger partial charge on any atom is 0.472 e. The quantitative estimate of drug-likeness (QED) is 0.0222. The number of rotatable bonds is 80. The molecule has 0 spiro atoms. The molecule has 0 aliphatic rings. The number of aliphatic hydroxyl groups is 1. The van der Waals surface area contributed by atoms with Gasteiger partial charge in [-0.2, -0.15) is 0 Å². The minimum Gasteiger partial charge on any atom is -0.462 e. The molecule has 0 saturated heterocycles. The van der Waals surface area contributed by atoms with Gasteiger partial charge in [0.15, 0.2) is 12.2 Å². The van der Waals surface area contributed by atoms with Gasteiger partial charge in [0, 0.05) is 25.7 Å². The zero-order chi connectivity index (χ0) is 74.4. The Hall–Kier alpha value is -1.94. The summed E-state index contributed by atoms with van der Waals surface area (Å²) in [6.07, 6.45) is 61.4. The van der Waals surface area contributed by atoms with Crippen molar-refractivity contribution in [2.45, 2.75) is 446 Å². The first-order chi connectivity index (χ1) is 48.8. The Morgan fingerprint density at radius 2 is 0.505 bits per heavy atom. The Morgan fingerprint density at radius 1 is 0.287 bits per heavy atom. The monoisotopic (exact) mass is 1480 g/mol. The minimum atomic E-state index is -4.96. The van der Waals surface area contributed by atoms with Crippen molar-refractivity contribution in [1.29, 1.82) is 0 Å². The van der Waals surface area contributed by atoms with Gasteiger partial charge in [-0.05, 0) is 43.4 Å².